The molecule has 31 heavy (non-hydrogen) atoms. The van der Waals surface area contributed by atoms with Crippen molar-refractivity contribution in [2.45, 2.75) is 51.0 Å². The van der Waals surface area contributed by atoms with Gasteiger partial charge >= 0.3 is 5.97 Å². The number of aromatic carboxylic acids is 1. The summed E-state index contributed by atoms with van der Waals surface area (Å²) in [6.45, 7) is 3.81. The molecule has 0 radical (unpaired) electrons. The van der Waals surface area contributed by atoms with Gasteiger partial charge in [-0.25, -0.2) is 4.79 Å². The van der Waals surface area contributed by atoms with Crippen molar-refractivity contribution in [3.63, 3.8) is 0 Å². The van der Waals surface area contributed by atoms with Gasteiger partial charge in [-0.2, -0.15) is 5.26 Å². The van der Waals surface area contributed by atoms with Gasteiger partial charge in [0.15, 0.2) is 0 Å². The number of nitrogens with zero attached hydrogens (tertiary/aromatic N) is 3. The fraction of sp³-hybridized carbons (Fsp3) is 0.333. The molecule has 160 valence electrons. The Morgan fingerprint density at radius 1 is 1.19 bits per heavy atom. The van der Waals surface area contributed by atoms with Crippen LogP contribution in [0.4, 0.5) is 0 Å². The molecule has 1 unspecified atom stereocenters. The molecule has 1 aliphatic carbocycles. The van der Waals surface area contributed by atoms with Crippen LogP contribution in [0.3, 0.4) is 0 Å². The van der Waals surface area contributed by atoms with Gasteiger partial charge < -0.3 is 15.3 Å². The van der Waals surface area contributed by atoms with Crippen molar-refractivity contribution in [3.05, 3.63) is 71.1 Å². The van der Waals surface area contributed by atoms with E-state index in [0.717, 1.165) is 25.7 Å². The summed E-state index contributed by atoms with van der Waals surface area (Å²) in [4.78, 5) is 11.5. The number of carboxylic acids is 1. The van der Waals surface area contributed by atoms with E-state index in [9.17, 15) is 15.2 Å². The molecule has 1 saturated carbocycles. The standard InChI is InChI=1S/C17H18N4O3.C7H8/c1-10(19)14-20-21-15(24-14)11-6-12(16(22)23)8-13(7-11)17(9-18)4-2-3-5-17;1-7-5-3-2-4-6-7/h6-8,10H,2-5,19H2,1H3,(H,22,23);2-6H,1H3. The summed E-state index contributed by atoms with van der Waals surface area (Å²) < 4.78 is 5.53. The van der Waals surface area contributed by atoms with Gasteiger partial charge in [-0.05, 0) is 50.5 Å². The predicted octanol–water partition coefficient (Wildman–Crippen LogP) is 4.78. The molecule has 7 heteroatoms. The Balaban J connectivity index is 0.000000330. The van der Waals surface area contributed by atoms with Crippen molar-refractivity contribution >= 4 is 5.97 Å². The Labute approximate surface area is 181 Å². The van der Waals surface area contributed by atoms with E-state index in [2.05, 4.69) is 35.3 Å². The van der Waals surface area contributed by atoms with Gasteiger partial charge in [-0.3, -0.25) is 0 Å². The SMILES string of the molecule is CC(N)c1nnc(-c2cc(C(=O)O)cc(C3(C#N)CCCC3)c2)o1.Cc1ccccc1. The minimum Gasteiger partial charge on any atom is -0.478 e. The van der Waals surface area contributed by atoms with Crippen molar-refractivity contribution in [2.24, 2.45) is 5.73 Å². The van der Waals surface area contributed by atoms with Crippen molar-refractivity contribution in [3.8, 4) is 17.5 Å². The molecule has 3 aromatic rings. The van der Waals surface area contributed by atoms with Crippen LogP contribution in [-0.4, -0.2) is 21.3 Å². The maximum absolute atomic E-state index is 11.5. The number of hydrogen-bond donors (Lipinski definition) is 2. The highest BCUT2D eigenvalue weighted by molar-refractivity contribution is 5.89. The van der Waals surface area contributed by atoms with Crippen LogP contribution in [-0.2, 0) is 5.41 Å². The van der Waals surface area contributed by atoms with Crippen LogP contribution in [0.2, 0.25) is 0 Å². The minimum atomic E-state index is -1.06. The first-order chi connectivity index (χ1) is 14.8. The number of rotatable bonds is 4. The maximum atomic E-state index is 11.5. The smallest absolute Gasteiger partial charge is 0.335 e. The van der Waals surface area contributed by atoms with Crippen LogP contribution >= 0.6 is 0 Å². The number of hydrogen-bond acceptors (Lipinski definition) is 6. The molecule has 7 nitrogen and oxygen atoms in total. The zero-order chi connectivity index (χ0) is 22.4. The van der Waals surface area contributed by atoms with E-state index in [1.807, 2.05) is 18.2 Å². The predicted molar refractivity (Wildman–Crippen MR) is 116 cm³/mol. The van der Waals surface area contributed by atoms with E-state index in [1.165, 1.54) is 11.6 Å². The average molecular weight is 418 g/mol. The molecule has 1 fully saturated rings. The fourth-order valence-corrected chi connectivity index (χ4v) is 3.66. The highest BCUT2D eigenvalue weighted by atomic mass is 16.4. The Bertz CT molecular complexity index is 1080. The van der Waals surface area contributed by atoms with E-state index in [1.54, 1.807) is 19.1 Å². The van der Waals surface area contributed by atoms with Crippen LogP contribution in [0.15, 0.2) is 52.9 Å². The molecule has 0 aliphatic heterocycles. The Kier molecular flexibility index (Phi) is 6.83. The number of nitrogens with two attached hydrogens (primary N) is 1. The van der Waals surface area contributed by atoms with Crippen LogP contribution in [0.1, 0.15) is 66.0 Å². The molecule has 0 amide bonds. The Morgan fingerprint density at radius 3 is 2.35 bits per heavy atom. The number of aromatic nitrogens is 2. The summed E-state index contributed by atoms with van der Waals surface area (Å²) in [6, 6.07) is 17.1. The monoisotopic (exact) mass is 418 g/mol. The van der Waals surface area contributed by atoms with E-state index in [0.29, 0.717) is 11.1 Å². The molecule has 0 saturated heterocycles. The summed E-state index contributed by atoms with van der Waals surface area (Å²) in [5.74, 6) is -0.572. The topological polar surface area (TPSA) is 126 Å². The van der Waals surface area contributed by atoms with E-state index >= 15 is 0 Å². The van der Waals surface area contributed by atoms with Gasteiger partial charge in [-0.1, -0.05) is 48.7 Å². The third-order valence-corrected chi connectivity index (χ3v) is 5.42. The lowest BCUT2D eigenvalue weighted by Crippen LogP contribution is -2.20. The number of carboxylic acid groups (broad SMARTS) is 1. The van der Waals surface area contributed by atoms with Gasteiger partial charge in [0, 0.05) is 5.56 Å². The van der Waals surface area contributed by atoms with Crippen molar-refractivity contribution < 1.29 is 14.3 Å². The zero-order valence-corrected chi connectivity index (χ0v) is 17.7. The Morgan fingerprint density at radius 2 is 1.87 bits per heavy atom. The Hall–Kier alpha value is -3.50. The van der Waals surface area contributed by atoms with Gasteiger partial charge in [0.1, 0.15) is 0 Å². The normalized spacial score (nSPS) is 15.4. The van der Waals surface area contributed by atoms with Gasteiger partial charge in [0.25, 0.3) is 0 Å². The summed E-state index contributed by atoms with van der Waals surface area (Å²) in [5, 5.41) is 26.9. The molecule has 1 aliphatic rings. The van der Waals surface area contributed by atoms with E-state index in [4.69, 9.17) is 10.2 Å². The molecule has 0 bridgehead atoms. The highest BCUT2D eigenvalue weighted by Crippen LogP contribution is 2.42. The molecule has 2 aromatic carbocycles. The van der Waals surface area contributed by atoms with Crippen LogP contribution in [0.5, 0.6) is 0 Å². The van der Waals surface area contributed by atoms with Crippen molar-refractivity contribution in [2.75, 3.05) is 0 Å². The molecule has 1 heterocycles. The first kappa shape index (κ1) is 22.2. The molecule has 0 spiro atoms. The van der Waals surface area contributed by atoms with Crippen molar-refractivity contribution in [1.82, 2.24) is 10.2 Å². The van der Waals surface area contributed by atoms with Gasteiger partial charge in [0.05, 0.1) is 23.1 Å². The minimum absolute atomic E-state index is 0.101. The second kappa shape index (κ2) is 9.54. The van der Waals surface area contributed by atoms with Gasteiger partial charge in [0.2, 0.25) is 11.8 Å². The number of carbonyl (C=O) groups is 1. The first-order valence-corrected chi connectivity index (χ1v) is 10.3. The van der Waals surface area contributed by atoms with E-state index < -0.39 is 17.4 Å². The second-order valence-corrected chi connectivity index (χ2v) is 7.89. The first-order valence-electron chi connectivity index (χ1n) is 10.3. The third-order valence-electron chi connectivity index (χ3n) is 5.42. The largest absolute Gasteiger partial charge is 0.478 e. The average Bonchev–Trinajstić information content (AvgIpc) is 3.45. The summed E-state index contributed by atoms with van der Waals surface area (Å²) in [5.41, 5.74) is 7.68. The molecular weight excluding hydrogens is 392 g/mol. The van der Waals surface area contributed by atoms with Crippen LogP contribution in [0, 0.1) is 18.3 Å². The van der Waals surface area contributed by atoms with E-state index in [-0.39, 0.29) is 17.3 Å². The summed E-state index contributed by atoms with van der Waals surface area (Å²) in [7, 11) is 0. The van der Waals surface area contributed by atoms with Crippen LogP contribution < -0.4 is 5.73 Å². The zero-order valence-electron chi connectivity index (χ0n) is 17.7. The lowest BCUT2D eigenvalue weighted by Gasteiger charge is -2.21. The number of aryl methyl sites for hydroxylation is 1. The fourth-order valence-electron chi connectivity index (χ4n) is 3.66. The summed E-state index contributed by atoms with van der Waals surface area (Å²) >= 11 is 0. The molecule has 3 N–H and O–H groups in total. The van der Waals surface area contributed by atoms with Gasteiger partial charge in [-0.15, -0.1) is 10.2 Å². The van der Waals surface area contributed by atoms with Crippen LogP contribution in [0.25, 0.3) is 11.5 Å². The lowest BCUT2D eigenvalue weighted by atomic mass is 9.79. The molecule has 1 aromatic heterocycles. The van der Waals surface area contributed by atoms with Crippen molar-refractivity contribution in [1.29, 1.82) is 5.26 Å². The number of benzene rings is 2. The lowest BCUT2D eigenvalue weighted by molar-refractivity contribution is 0.0696. The number of nitriles is 1. The quantitative estimate of drug-likeness (QED) is 0.624. The molecule has 1 atom stereocenters. The highest BCUT2D eigenvalue weighted by Gasteiger charge is 2.36. The third kappa shape index (κ3) is 5.16. The molecule has 4 rings (SSSR count). The maximum Gasteiger partial charge on any atom is 0.335 e. The second-order valence-electron chi connectivity index (χ2n) is 7.89. The summed E-state index contributed by atoms with van der Waals surface area (Å²) in [6.07, 6.45) is 3.35. The molecular formula is C24H26N4O3.